The SMILES string of the molecule is CC(C)C(=O)Nc1cccc(C2CCN(CCCCC(Oc3cc(C(F)(F)F)ccc3F)c3ccccc3F)CC2)c1. The normalized spacial score (nSPS) is 15.5. The number of amides is 1. The summed E-state index contributed by atoms with van der Waals surface area (Å²) in [4.78, 5) is 14.4. The summed E-state index contributed by atoms with van der Waals surface area (Å²) in [6.07, 6.45) is -1.90. The van der Waals surface area contributed by atoms with Crippen molar-refractivity contribution >= 4 is 11.6 Å². The summed E-state index contributed by atoms with van der Waals surface area (Å²) < 4.78 is 74.3. The molecule has 1 unspecified atom stereocenters. The number of unbranched alkanes of at least 4 members (excludes halogenated alkanes) is 1. The summed E-state index contributed by atoms with van der Waals surface area (Å²) in [7, 11) is 0. The van der Waals surface area contributed by atoms with Crippen LogP contribution in [0, 0.1) is 17.6 Å². The Balaban J connectivity index is 1.31. The van der Waals surface area contributed by atoms with Gasteiger partial charge in [0, 0.05) is 17.2 Å². The molecule has 1 heterocycles. The van der Waals surface area contributed by atoms with Gasteiger partial charge in [-0.1, -0.05) is 44.2 Å². The van der Waals surface area contributed by atoms with E-state index in [0.717, 1.165) is 50.7 Å². The Kier molecular flexibility index (Phi) is 10.6. The summed E-state index contributed by atoms with van der Waals surface area (Å²) >= 11 is 0. The minimum atomic E-state index is -4.65. The topological polar surface area (TPSA) is 41.6 Å². The lowest BCUT2D eigenvalue weighted by Gasteiger charge is -2.32. The molecule has 1 N–H and O–H groups in total. The Morgan fingerprint density at radius 2 is 1.69 bits per heavy atom. The van der Waals surface area contributed by atoms with Gasteiger partial charge in [0.25, 0.3) is 0 Å². The monoisotopic (exact) mass is 588 g/mol. The number of carbonyl (C=O) groups is 1. The average molecular weight is 589 g/mol. The molecule has 3 aromatic carbocycles. The van der Waals surface area contributed by atoms with E-state index in [0.29, 0.717) is 30.9 Å². The number of ether oxygens (including phenoxy) is 1. The summed E-state index contributed by atoms with van der Waals surface area (Å²) in [6, 6.07) is 15.9. The highest BCUT2D eigenvalue weighted by Gasteiger charge is 2.32. The van der Waals surface area contributed by atoms with E-state index in [9.17, 15) is 26.7 Å². The van der Waals surface area contributed by atoms with E-state index in [-0.39, 0.29) is 17.4 Å². The molecular formula is C33H37F5N2O2. The number of nitrogens with zero attached hydrogens (tertiary/aromatic N) is 1. The maximum absolute atomic E-state index is 14.6. The van der Waals surface area contributed by atoms with Crippen LogP contribution in [0.5, 0.6) is 5.75 Å². The lowest BCUT2D eigenvalue weighted by molar-refractivity contribution is -0.137. The van der Waals surface area contributed by atoms with Crippen molar-refractivity contribution in [2.75, 3.05) is 25.0 Å². The van der Waals surface area contributed by atoms with E-state index in [2.05, 4.69) is 22.3 Å². The second kappa shape index (κ2) is 14.1. The quantitative estimate of drug-likeness (QED) is 0.180. The number of piperidine rings is 1. The summed E-state index contributed by atoms with van der Waals surface area (Å²) in [5, 5.41) is 2.96. The van der Waals surface area contributed by atoms with Crippen molar-refractivity contribution in [1.82, 2.24) is 4.90 Å². The molecule has 0 aliphatic carbocycles. The standard InChI is InChI=1S/C33H37F5N2O2/c1-22(2)32(41)39-26-9-7-8-24(20-26)23-15-18-40(19-16-23)17-6-5-12-30(27-10-3-4-11-28(27)34)42-31-21-25(33(36,37)38)13-14-29(31)35/h3-4,7-11,13-14,20-23,30H,5-6,12,15-19H2,1-2H3,(H,39,41). The van der Waals surface area contributed by atoms with E-state index < -0.39 is 35.2 Å². The van der Waals surface area contributed by atoms with Gasteiger partial charge in [-0.15, -0.1) is 0 Å². The first-order chi connectivity index (χ1) is 20.0. The smallest absolute Gasteiger partial charge is 0.416 e. The first-order valence-corrected chi connectivity index (χ1v) is 14.4. The highest BCUT2D eigenvalue weighted by Crippen LogP contribution is 2.36. The first kappa shape index (κ1) is 31.5. The molecule has 42 heavy (non-hydrogen) atoms. The van der Waals surface area contributed by atoms with Crippen molar-refractivity contribution in [2.45, 2.75) is 64.1 Å². The number of anilines is 1. The van der Waals surface area contributed by atoms with Crippen LogP contribution in [0.1, 0.15) is 74.7 Å². The van der Waals surface area contributed by atoms with E-state index in [1.807, 2.05) is 26.0 Å². The molecule has 3 aromatic rings. The van der Waals surface area contributed by atoms with Crippen molar-refractivity contribution in [3.8, 4) is 5.75 Å². The molecule has 4 rings (SSSR count). The maximum atomic E-state index is 14.6. The lowest BCUT2D eigenvalue weighted by Crippen LogP contribution is -2.33. The third kappa shape index (κ3) is 8.53. The van der Waals surface area contributed by atoms with Crippen LogP contribution in [0.4, 0.5) is 27.6 Å². The van der Waals surface area contributed by atoms with Crippen LogP contribution in [0.2, 0.25) is 0 Å². The first-order valence-electron chi connectivity index (χ1n) is 14.4. The van der Waals surface area contributed by atoms with Gasteiger partial charge in [-0.2, -0.15) is 13.2 Å². The van der Waals surface area contributed by atoms with Crippen LogP contribution in [0.25, 0.3) is 0 Å². The zero-order valence-electron chi connectivity index (χ0n) is 23.9. The molecule has 4 nitrogen and oxygen atoms in total. The number of hydrogen-bond donors (Lipinski definition) is 1. The van der Waals surface area contributed by atoms with E-state index in [4.69, 9.17) is 4.74 Å². The molecule has 0 saturated carbocycles. The Hall–Kier alpha value is -3.46. The lowest BCUT2D eigenvalue weighted by atomic mass is 9.89. The number of benzene rings is 3. The fourth-order valence-corrected chi connectivity index (χ4v) is 5.25. The van der Waals surface area contributed by atoms with Gasteiger partial charge >= 0.3 is 6.18 Å². The van der Waals surface area contributed by atoms with Gasteiger partial charge in [-0.3, -0.25) is 4.79 Å². The fourth-order valence-electron chi connectivity index (χ4n) is 5.25. The molecule has 1 aliphatic heterocycles. The molecule has 9 heteroatoms. The molecule has 0 aromatic heterocycles. The molecule has 226 valence electrons. The van der Waals surface area contributed by atoms with Gasteiger partial charge < -0.3 is 15.0 Å². The number of halogens is 5. The third-order valence-corrected chi connectivity index (χ3v) is 7.71. The van der Waals surface area contributed by atoms with Gasteiger partial charge in [0.1, 0.15) is 11.9 Å². The number of likely N-dealkylation sites (tertiary alicyclic amines) is 1. The molecule has 1 aliphatic rings. The van der Waals surface area contributed by atoms with Crippen LogP contribution in [0.3, 0.4) is 0 Å². The van der Waals surface area contributed by atoms with Crippen LogP contribution in [-0.2, 0) is 11.0 Å². The number of hydrogen-bond acceptors (Lipinski definition) is 3. The minimum absolute atomic E-state index is 0.00966. The second-order valence-electron chi connectivity index (χ2n) is 11.2. The Labute approximate surface area is 243 Å². The minimum Gasteiger partial charge on any atom is -0.483 e. The number of alkyl halides is 3. The summed E-state index contributed by atoms with van der Waals surface area (Å²) in [5.74, 6) is -1.73. The highest BCUT2D eigenvalue weighted by molar-refractivity contribution is 5.92. The predicted octanol–water partition coefficient (Wildman–Crippen LogP) is 8.75. The fraction of sp³-hybridized carbons (Fsp3) is 0.424. The molecule has 1 fully saturated rings. The zero-order chi connectivity index (χ0) is 30.3. The van der Waals surface area contributed by atoms with Crippen molar-refractivity contribution in [1.29, 1.82) is 0 Å². The molecular weight excluding hydrogens is 551 g/mol. The largest absolute Gasteiger partial charge is 0.483 e. The third-order valence-electron chi connectivity index (χ3n) is 7.71. The van der Waals surface area contributed by atoms with Gasteiger partial charge in [-0.05, 0) is 99.6 Å². The molecule has 1 saturated heterocycles. The van der Waals surface area contributed by atoms with Gasteiger partial charge in [0.05, 0.1) is 5.56 Å². The second-order valence-corrected chi connectivity index (χ2v) is 11.2. The van der Waals surface area contributed by atoms with Crippen molar-refractivity contribution in [3.63, 3.8) is 0 Å². The van der Waals surface area contributed by atoms with E-state index in [1.165, 1.54) is 23.8 Å². The number of rotatable bonds is 11. The Morgan fingerprint density at radius 3 is 2.38 bits per heavy atom. The Bertz CT molecular complexity index is 1340. The van der Waals surface area contributed by atoms with E-state index in [1.54, 1.807) is 6.07 Å². The zero-order valence-corrected chi connectivity index (χ0v) is 23.9. The van der Waals surface area contributed by atoms with Gasteiger partial charge in [0.2, 0.25) is 5.91 Å². The van der Waals surface area contributed by atoms with Crippen LogP contribution >= 0.6 is 0 Å². The van der Waals surface area contributed by atoms with Crippen LogP contribution in [0.15, 0.2) is 66.7 Å². The molecule has 0 radical (unpaired) electrons. The van der Waals surface area contributed by atoms with Crippen LogP contribution in [-0.4, -0.2) is 30.4 Å². The van der Waals surface area contributed by atoms with Gasteiger partial charge in [-0.25, -0.2) is 8.78 Å². The molecule has 1 amide bonds. The van der Waals surface area contributed by atoms with Crippen molar-refractivity contribution in [3.05, 3.63) is 95.1 Å². The summed E-state index contributed by atoms with van der Waals surface area (Å²) in [6.45, 7) is 6.36. The van der Waals surface area contributed by atoms with Gasteiger partial charge in [0.15, 0.2) is 11.6 Å². The predicted molar refractivity (Wildman–Crippen MR) is 153 cm³/mol. The average Bonchev–Trinajstić information content (AvgIpc) is 2.96. The van der Waals surface area contributed by atoms with Crippen LogP contribution < -0.4 is 10.1 Å². The highest BCUT2D eigenvalue weighted by atomic mass is 19.4. The summed E-state index contributed by atoms with van der Waals surface area (Å²) in [5.41, 5.74) is 1.18. The van der Waals surface area contributed by atoms with Crippen molar-refractivity contribution < 1.29 is 31.5 Å². The number of nitrogens with one attached hydrogen (secondary N) is 1. The van der Waals surface area contributed by atoms with E-state index >= 15 is 0 Å². The Morgan fingerprint density at radius 1 is 0.952 bits per heavy atom. The molecule has 1 atom stereocenters. The molecule has 0 bridgehead atoms. The maximum Gasteiger partial charge on any atom is 0.416 e. The van der Waals surface area contributed by atoms with Crippen molar-refractivity contribution in [2.24, 2.45) is 5.92 Å². The molecule has 0 spiro atoms. The number of carbonyl (C=O) groups excluding carboxylic acids is 1.